The van der Waals surface area contributed by atoms with Gasteiger partial charge in [-0.3, -0.25) is 9.69 Å². The molecule has 1 aliphatic rings. The van der Waals surface area contributed by atoms with Crippen LogP contribution in [-0.2, 0) is 4.79 Å². The first kappa shape index (κ1) is 19.8. The van der Waals surface area contributed by atoms with Gasteiger partial charge in [-0.2, -0.15) is 0 Å². The first-order chi connectivity index (χ1) is 14.6. The summed E-state index contributed by atoms with van der Waals surface area (Å²) in [6, 6.07) is 14.3. The number of hydrogen-bond acceptors (Lipinski definition) is 7. The van der Waals surface area contributed by atoms with Crippen LogP contribution in [0.25, 0.3) is 11.5 Å². The summed E-state index contributed by atoms with van der Waals surface area (Å²) in [7, 11) is 1.60. The van der Waals surface area contributed by atoms with E-state index >= 15 is 0 Å². The van der Waals surface area contributed by atoms with Crippen LogP contribution in [0.4, 0.5) is 16.2 Å². The lowest BCUT2D eigenvalue weighted by molar-refractivity contribution is -0.113. The van der Waals surface area contributed by atoms with Crippen LogP contribution in [0.5, 0.6) is 5.75 Å². The molecule has 0 radical (unpaired) electrons. The monoisotopic (exact) mass is 425 g/mol. The Balaban J connectivity index is 1.33. The molecule has 30 heavy (non-hydrogen) atoms. The van der Waals surface area contributed by atoms with Gasteiger partial charge >= 0.3 is 6.03 Å². The van der Waals surface area contributed by atoms with Gasteiger partial charge in [0.2, 0.25) is 11.8 Å². The minimum atomic E-state index is -0.216. The maximum absolute atomic E-state index is 12.3. The second-order valence-electron chi connectivity index (χ2n) is 6.37. The van der Waals surface area contributed by atoms with Crippen LogP contribution in [0, 0.1) is 0 Å². The van der Waals surface area contributed by atoms with Crippen LogP contribution in [0.15, 0.2) is 58.2 Å². The van der Waals surface area contributed by atoms with Crippen molar-refractivity contribution >= 4 is 35.1 Å². The maximum atomic E-state index is 12.3. The highest BCUT2D eigenvalue weighted by atomic mass is 32.2. The van der Waals surface area contributed by atoms with E-state index in [2.05, 4.69) is 20.8 Å². The fourth-order valence-corrected chi connectivity index (χ4v) is 3.48. The molecule has 2 N–H and O–H groups in total. The van der Waals surface area contributed by atoms with E-state index in [4.69, 9.17) is 9.15 Å². The molecule has 1 saturated heterocycles. The Morgan fingerprint density at radius 1 is 1.27 bits per heavy atom. The summed E-state index contributed by atoms with van der Waals surface area (Å²) in [6.07, 6.45) is 0. The van der Waals surface area contributed by atoms with Gasteiger partial charge in [0, 0.05) is 30.0 Å². The van der Waals surface area contributed by atoms with Gasteiger partial charge in [-0.05, 0) is 42.5 Å². The molecule has 9 nitrogen and oxygen atoms in total. The van der Waals surface area contributed by atoms with Gasteiger partial charge in [0.1, 0.15) is 5.75 Å². The molecule has 154 valence electrons. The van der Waals surface area contributed by atoms with Gasteiger partial charge in [-0.25, -0.2) is 4.79 Å². The molecule has 2 aromatic carbocycles. The molecule has 3 aromatic rings. The number of urea groups is 1. The highest BCUT2D eigenvalue weighted by Crippen LogP contribution is 2.25. The number of amides is 3. The summed E-state index contributed by atoms with van der Waals surface area (Å²) in [5, 5.41) is 13.9. The average molecular weight is 425 g/mol. The highest BCUT2D eigenvalue weighted by Gasteiger charge is 2.21. The van der Waals surface area contributed by atoms with Crippen molar-refractivity contribution in [2.24, 2.45) is 0 Å². The molecule has 2 heterocycles. The summed E-state index contributed by atoms with van der Waals surface area (Å²) >= 11 is 1.15. The number of ether oxygens (including phenoxy) is 1. The number of anilines is 2. The van der Waals surface area contributed by atoms with E-state index in [1.807, 2.05) is 18.2 Å². The average Bonchev–Trinajstić information content (AvgIpc) is 3.41. The highest BCUT2D eigenvalue weighted by molar-refractivity contribution is 7.99. The Morgan fingerprint density at radius 3 is 2.83 bits per heavy atom. The minimum absolute atomic E-state index is 0.110. The van der Waals surface area contributed by atoms with E-state index in [9.17, 15) is 9.59 Å². The van der Waals surface area contributed by atoms with Gasteiger partial charge in [0.25, 0.3) is 5.22 Å². The number of aromatic nitrogens is 2. The van der Waals surface area contributed by atoms with Crippen molar-refractivity contribution in [3.05, 3.63) is 48.5 Å². The van der Waals surface area contributed by atoms with E-state index < -0.39 is 0 Å². The Bertz CT molecular complexity index is 1050. The third kappa shape index (κ3) is 4.54. The number of hydrogen-bond donors (Lipinski definition) is 2. The molecule has 4 rings (SSSR count). The van der Waals surface area contributed by atoms with Crippen LogP contribution in [0.1, 0.15) is 0 Å². The van der Waals surface area contributed by atoms with Crippen LogP contribution in [-0.4, -0.2) is 48.1 Å². The third-order valence-electron chi connectivity index (χ3n) is 4.37. The molecule has 0 atom stereocenters. The quantitative estimate of drug-likeness (QED) is 0.560. The standard InChI is InChI=1S/C20H19N5O4S/c1-28-16-7-5-13(6-8-16)18-23-24-20(29-18)30-12-17(26)22-14-3-2-4-15(11-14)25-10-9-21-19(25)27/h2-8,11H,9-10,12H2,1H3,(H,21,27)(H,22,26). The summed E-state index contributed by atoms with van der Waals surface area (Å²) in [4.78, 5) is 25.7. The van der Waals surface area contributed by atoms with E-state index in [0.717, 1.165) is 28.8 Å². The molecule has 0 aliphatic carbocycles. The van der Waals surface area contributed by atoms with Gasteiger partial charge in [-0.1, -0.05) is 17.8 Å². The van der Waals surface area contributed by atoms with Crippen LogP contribution in [0.2, 0.25) is 0 Å². The smallest absolute Gasteiger partial charge is 0.321 e. The fraction of sp³-hybridized carbons (Fsp3) is 0.200. The van der Waals surface area contributed by atoms with E-state index in [1.54, 1.807) is 42.3 Å². The van der Waals surface area contributed by atoms with Crippen LogP contribution >= 0.6 is 11.8 Å². The lowest BCUT2D eigenvalue weighted by Gasteiger charge is -2.15. The van der Waals surface area contributed by atoms with Crippen molar-refractivity contribution in [3.8, 4) is 17.2 Å². The Hall–Kier alpha value is -3.53. The molecule has 1 fully saturated rings. The van der Waals surface area contributed by atoms with Gasteiger partial charge in [-0.15, -0.1) is 10.2 Å². The van der Waals surface area contributed by atoms with Crippen LogP contribution in [0.3, 0.4) is 0 Å². The van der Waals surface area contributed by atoms with E-state index in [-0.39, 0.29) is 17.7 Å². The van der Waals surface area contributed by atoms with Gasteiger partial charge < -0.3 is 19.8 Å². The Labute approximate surface area is 176 Å². The number of carbonyl (C=O) groups is 2. The zero-order valence-corrected chi connectivity index (χ0v) is 16.9. The molecular weight excluding hydrogens is 406 g/mol. The second kappa shape index (κ2) is 8.87. The number of thioether (sulfide) groups is 1. The van der Waals surface area contributed by atoms with Crippen molar-refractivity contribution in [2.45, 2.75) is 5.22 Å². The molecule has 10 heteroatoms. The van der Waals surface area contributed by atoms with E-state index in [1.165, 1.54) is 0 Å². The second-order valence-corrected chi connectivity index (χ2v) is 7.30. The normalized spacial score (nSPS) is 13.2. The maximum Gasteiger partial charge on any atom is 0.321 e. The minimum Gasteiger partial charge on any atom is -0.497 e. The number of carbonyl (C=O) groups excluding carboxylic acids is 2. The van der Waals surface area contributed by atoms with Crippen molar-refractivity contribution in [2.75, 3.05) is 36.2 Å². The largest absolute Gasteiger partial charge is 0.497 e. The molecule has 0 spiro atoms. The first-order valence-corrected chi connectivity index (χ1v) is 10.2. The zero-order chi connectivity index (χ0) is 20.9. The van der Waals surface area contributed by atoms with Crippen molar-refractivity contribution in [3.63, 3.8) is 0 Å². The lowest BCUT2D eigenvalue weighted by Crippen LogP contribution is -2.27. The van der Waals surface area contributed by atoms with Crippen molar-refractivity contribution in [1.82, 2.24) is 15.5 Å². The SMILES string of the molecule is COc1ccc(-c2nnc(SCC(=O)Nc3cccc(N4CCNC4=O)c3)o2)cc1. The van der Waals surface area contributed by atoms with Crippen molar-refractivity contribution < 1.29 is 18.7 Å². The van der Waals surface area contributed by atoms with Gasteiger partial charge in [0.15, 0.2) is 0 Å². The van der Waals surface area contributed by atoms with Crippen molar-refractivity contribution in [1.29, 1.82) is 0 Å². The third-order valence-corrected chi connectivity index (χ3v) is 5.19. The summed E-state index contributed by atoms with van der Waals surface area (Å²) in [6.45, 7) is 1.20. The number of methoxy groups -OCH3 is 1. The molecular formula is C20H19N5O4S. The number of nitrogens with zero attached hydrogens (tertiary/aromatic N) is 3. The van der Waals surface area contributed by atoms with E-state index in [0.29, 0.717) is 29.9 Å². The summed E-state index contributed by atoms with van der Waals surface area (Å²) in [5.41, 5.74) is 2.11. The topological polar surface area (TPSA) is 110 Å². The summed E-state index contributed by atoms with van der Waals surface area (Å²) in [5.74, 6) is 1.00. The van der Waals surface area contributed by atoms with Gasteiger partial charge in [0.05, 0.1) is 12.9 Å². The number of nitrogens with one attached hydrogen (secondary N) is 2. The predicted octanol–water partition coefficient (Wildman–Crippen LogP) is 3.01. The lowest BCUT2D eigenvalue weighted by atomic mass is 10.2. The number of benzene rings is 2. The Morgan fingerprint density at radius 2 is 2.10 bits per heavy atom. The number of rotatable bonds is 7. The molecule has 3 amide bonds. The zero-order valence-electron chi connectivity index (χ0n) is 16.1. The fourth-order valence-electron chi connectivity index (χ4n) is 2.91. The predicted molar refractivity (Wildman–Crippen MR) is 113 cm³/mol. The molecule has 0 saturated carbocycles. The molecule has 0 bridgehead atoms. The molecule has 0 unspecified atom stereocenters. The first-order valence-electron chi connectivity index (χ1n) is 9.18. The molecule has 1 aromatic heterocycles. The summed E-state index contributed by atoms with van der Waals surface area (Å²) < 4.78 is 10.7. The van der Waals surface area contributed by atoms with Crippen LogP contribution < -0.4 is 20.3 Å². The molecule has 1 aliphatic heterocycles. The Kier molecular flexibility index (Phi) is 5.84.